The van der Waals surface area contributed by atoms with Gasteiger partial charge >= 0.3 is 0 Å². The van der Waals surface area contributed by atoms with Crippen molar-refractivity contribution in [2.45, 2.75) is 20.3 Å². The van der Waals surface area contributed by atoms with Crippen LogP contribution in [0.4, 0.5) is 0 Å². The van der Waals surface area contributed by atoms with Crippen molar-refractivity contribution in [3.05, 3.63) is 48.0 Å². The molecule has 0 aliphatic carbocycles. The van der Waals surface area contributed by atoms with Crippen molar-refractivity contribution >= 4 is 12.2 Å². The normalized spacial score (nSPS) is 13.8. The standard InChI is InChI=1S/C16H26N4O/c1-7-14(9-16(19-12-21)11-20(5)6)15(8-2)10-18-13(3)17-4/h8-12H,2,7H2,1,3-6H3,(H,17,18)(H,19,21)/b14-9+,15-10+,16-11-. The zero-order valence-corrected chi connectivity index (χ0v) is 13.6. The van der Waals surface area contributed by atoms with Crippen LogP contribution >= 0.6 is 0 Å². The molecule has 0 spiro atoms. The second-order valence-electron chi connectivity index (χ2n) is 4.59. The third-order valence-electron chi connectivity index (χ3n) is 2.68. The number of nitrogens with one attached hydrogen (secondary N) is 2. The van der Waals surface area contributed by atoms with Crippen LogP contribution in [0.1, 0.15) is 20.3 Å². The fourth-order valence-corrected chi connectivity index (χ4v) is 1.54. The molecule has 1 amide bonds. The first-order chi connectivity index (χ1) is 9.98. The van der Waals surface area contributed by atoms with E-state index in [1.165, 1.54) is 0 Å². The fourth-order valence-electron chi connectivity index (χ4n) is 1.54. The molecule has 0 fully saturated rings. The summed E-state index contributed by atoms with van der Waals surface area (Å²) >= 11 is 0. The van der Waals surface area contributed by atoms with E-state index in [9.17, 15) is 4.79 Å². The highest BCUT2D eigenvalue weighted by Gasteiger charge is 2.02. The van der Waals surface area contributed by atoms with E-state index in [0.717, 1.165) is 23.4 Å². The molecule has 0 aromatic heterocycles. The molecule has 0 saturated carbocycles. The minimum Gasteiger partial charge on any atom is -0.382 e. The van der Waals surface area contributed by atoms with Gasteiger partial charge in [0.1, 0.15) is 0 Å². The van der Waals surface area contributed by atoms with Gasteiger partial charge in [0.25, 0.3) is 0 Å². The van der Waals surface area contributed by atoms with Gasteiger partial charge in [-0.15, -0.1) is 0 Å². The minimum atomic E-state index is 0.666. The number of carbonyl (C=O) groups excluding carboxylic acids is 1. The van der Waals surface area contributed by atoms with E-state index in [2.05, 4.69) is 22.2 Å². The number of nitrogens with zero attached hydrogens (tertiary/aromatic N) is 2. The Labute approximate surface area is 127 Å². The Bertz CT molecular complexity index is 471. The van der Waals surface area contributed by atoms with Crippen molar-refractivity contribution in [1.82, 2.24) is 15.5 Å². The van der Waals surface area contributed by atoms with Gasteiger partial charge in [-0.3, -0.25) is 4.79 Å². The lowest BCUT2D eigenvalue weighted by atomic mass is 10.0. The quantitative estimate of drug-likeness (QED) is 0.312. The molecule has 0 heterocycles. The average Bonchev–Trinajstić information content (AvgIpc) is 2.45. The minimum absolute atomic E-state index is 0.666. The van der Waals surface area contributed by atoms with E-state index in [4.69, 9.17) is 0 Å². The van der Waals surface area contributed by atoms with E-state index in [-0.39, 0.29) is 0 Å². The third-order valence-corrected chi connectivity index (χ3v) is 2.68. The molecule has 2 N–H and O–H groups in total. The van der Waals surface area contributed by atoms with Crippen molar-refractivity contribution < 1.29 is 4.79 Å². The number of hydrogen-bond donors (Lipinski definition) is 2. The molecule has 0 radical (unpaired) electrons. The van der Waals surface area contributed by atoms with E-state index < -0.39 is 0 Å². The maximum absolute atomic E-state index is 10.7. The van der Waals surface area contributed by atoms with Gasteiger partial charge in [-0.2, -0.15) is 0 Å². The van der Waals surface area contributed by atoms with E-state index in [1.807, 2.05) is 52.2 Å². The zero-order valence-electron chi connectivity index (χ0n) is 13.6. The number of carbonyl (C=O) groups is 1. The lowest BCUT2D eigenvalue weighted by Gasteiger charge is -2.11. The molecule has 116 valence electrons. The molecule has 0 saturated heterocycles. The smallest absolute Gasteiger partial charge is 0.211 e. The number of rotatable bonds is 8. The highest BCUT2D eigenvalue weighted by Crippen LogP contribution is 2.17. The average molecular weight is 290 g/mol. The Kier molecular flexibility index (Phi) is 9.33. The van der Waals surface area contributed by atoms with Crippen molar-refractivity contribution in [1.29, 1.82) is 0 Å². The Balaban J connectivity index is 5.56. The predicted molar refractivity (Wildman–Crippen MR) is 89.8 cm³/mol. The van der Waals surface area contributed by atoms with Crippen LogP contribution in [0.2, 0.25) is 0 Å². The molecule has 5 nitrogen and oxygen atoms in total. The van der Waals surface area contributed by atoms with Gasteiger partial charge in [0.05, 0.1) is 11.5 Å². The number of allylic oxidation sites excluding steroid dienone is 4. The third kappa shape index (κ3) is 7.77. The van der Waals surface area contributed by atoms with Crippen LogP contribution in [-0.4, -0.2) is 38.3 Å². The summed E-state index contributed by atoms with van der Waals surface area (Å²) in [5.41, 5.74) is 2.68. The molecule has 0 unspecified atom stereocenters. The van der Waals surface area contributed by atoms with Gasteiger partial charge in [0.15, 0.2) is 0 Å². The molecular weight excluding hydrogens is 264 g/mol. The van der Waals surface area contributed by atoms with Gasteiger partial charge in [-0.05, 0) is 30.6 Å². The van der Waals surface area contributed by atoms with Crippen LogP contribution in [0.5, 0.6) is 0 Å². The molecule has 0 aliphatic heterocycles. The van der Waals surface area contributed by atoms with Crippen molar-refractivity contribution in [3.8, 4) is 0 Å². The SMILES string of the molecule is C=CC(=C\N=C(/C)NC)/C(=C/C(=C/N(C)C)NC=O)CC. The largest absolute Gasteiger partial charge is 0.382 e. The summed E-state index contributed by atoms with van der Waals surface area (Å²) in [6.07, 6.45) is 8.76. The summed E-state index contributed by atoms with van der Waals surface area (Å²) in [7, 11) is 5.62. The number of aliphatic imine (C=N–C) groups is 1. The highest BCUT2D eigenvalue weighted by atomic mass is 16.1. The summed E-state index contributed by atoms with van der Waals surface area (Å²) in [4.78, 5) is 16.9. The topological polar surface area (TPSA) is 56.7 Å². The van der Waals surface area contributed by atoms with Crippen LogP contribution in [0.15, 0.2) is 53.0 Å². The summed E-state index contributed by atoms with van der Waals surface area (Å²) < 4.78 is 0. The van der Waals surface area contributed by atoms with Gasteiger partial charge in [-0.25, -0.2) is 4.99 Å². The number of amides is 1. The second kappa shape index (κ2) is 10.5. The van der Waals surface area contributed by atoms with Gasteiger partial charge < -0.3 is 15.5 Å². The lowest BCUT2D eigenvalue weighted by molar-refractivity contribution is -0.108. The Morgan fingerprint density at radius 2 is 2.05 bits per heavy atom. The Hall–Kier alpha value is -2.30. The summed E-state index contributed by atoms with van der Waals surface area (Å²) in [5, 5.41) is 5.65. The molecule has 0 aliphatic rings. The first-order valence-electron chi connectivity index (χ1n) is 6.82. The summed E-state index contributed by atoms with van der Waals surface area (Å²) in [5.74, 6) is 0.819. The first-order valence-corrected chi connectivity index (χ1v) is 6.82. The van der Waals surface area contributed by atoms with E-state index in [0.29, 0.717) is 12.1 Å². The number of hydrogen-bond acceptors (Lipinski definition) is 3. The van der Waals surface area contributed by atoms with Gasteiger partial charge in [0.2, 0.25) is 6.41 Å². The van der Waals surface area contributed by atoms with E-state index >= 15 is 0 Å². The van der Waals surface area contributed by atoms with Crippen LogP contribution in [-0.2, 0) is 4.79 Å². The van der Waals surface area contributed by atoms with Crippen LogP contribution < -0.4 is 10.6 Å². The molecule has 0 atom stereocenters. The molecule has 0 aromatic carbocycles. The molecular formula is C16H26N4O. The van der Waals surface area contributed by atoms with Gasteiger partial charge in [0, 0.05) is 33.5 Å². The predicted octanol–water partition coefficient (Wildman–Crippen LogP) is 2.18. The molecule has 5 heteroatoms. The Morgan fingerprint density at radius 1 is 1.38 bits per heavy atom. The maximum atomic E-state index is 10.7. The molecule has 0 aromatic rings. The number of amidine groups is 1. The Morgan fingerprint density at radius 3 is 2.48 bits per heavy atom. The van der Waals surface area contributed by atoms with Crippen molar-refractivity contribution in [3.63, 3.8) is 0 Å². The summed E-state index contributed by atoms with van der Waals surface area (Å²) in [6.45, 7) is 7.76. The second-order valence-corrected chi connectivity index (χ2v) is 4.59. The highest BCUT2D eigenvalue weighted by molar-refractivity contribution is 5.79. The maximum Gasteiger partial charge on any atom is 0.211 e. The van der Waals surface area contributed by atoms with Crippen molar-refractivity contribution in [2.75, 3.05) is 21.1 Å². The van der Waals surface area contributed by atoms with Gasteiger partial charge in [-0.1, -0.05) is 19.6 Å². The molecule has 0 bridgehead atoms. The first kappa shape index (κ1) is 18.7. The monoisotopic (exact) mass is 290 g/mol. The van der Waals surface area contributed by atoms with Crippen molar-refractivity contribution in [2.24, 2.45) is 4.99 Å². The van der Waals surface area contributed by atoms with E-state index in [1.54, 1.807) is 12.3 Å². The van der Waals surface area contributed by atoms with Crippen LogP contribution in [0.25, 0.3) is 0 Å². The zero-order chi connectivity index (χ0) is 16.3. The van der Waals surface area contributed by atoms with Crippen LogP contribution in [0, 0.1) is 0 Å². The van der Waals surface area contributed by atoms with Crippen LogP contribution in [0.3, 0.4) is 0 Å². The molecule has 0 rings (SSSR count). The lowest BCUT2D eigenvalue weighted by Crippen LogP contribution is -2.14. The summed E-state index contributed by atoms with van der Waals surface area (Å²) in [6, 6.07) is 0. The molecule has 21 heavy (non-hydrogen) atoms. The fraction of sp³-hybridized carbons (Fsp3) is 0.375.